The highest BCUT2D eigenvalue weighted by Gasteiger charge is 2.30. The average Bonchev–Trinajstić information content (AvgIpc) is 2.72. The number of hydrogen-bond donors (Lipinski definition) is 1. The summed E-state index contributed by atoms with van der Waals surface area (Å²) in [6.07, 6.45) is 7.54. The molecule has 0 bridgehead atoms. The van der Waals surface area contributed by atoms with Crippen LogP contribution in [-0.4, -0.2) is 65.9 Å². The fraction of sp³-hybridized carbons (Fsp3) is 1.00. The van der Waals surface area contributed by atoms with Crippen LogP contribution in [0, 0.1) is 0 Å². The van der Waals surface area contributed by atoms with Crippen molar-refractivity contribution in [1.29, 1.82) is 0 Å². The van der Waals surface area contributed by atoms with E-state index in [4.69, 9.17) is 18.9 Å². The minimum atomic E-state index is 0.0174. The van der Waals surface area contributed by atoms with E-state index in [1.807, 2.05) is 7.05 Å². The van der Waals surface area contributed by atoms with E-state index in [0.29, 0.717) is 39.6 Å². The number of ether oxygens (including phenoxy) is 4. The van der Waals surface area contributed by atoms with Crippen molar-refractivity contribution in [3.8, 4) is 0 Å². The topological polar surface area (TPSA) is 49.0 Å². The molecule has 0 aromatic carbocycles. The predicted octanol–water partition coefficient (Wildman–Crippen LogP) is 1.99. The molecule has 0 aliphatic heterocycles. The van der Waals surface area contributed by atoms with Gasteiger partial charge in [0.15, 0.2) is 0 Å². The molecule has 0 amide bonds. The van der Waals surface area contributed by atoms with Crippen molar-refractivity contribution in [1.82, 2.24) is 5.32 Å². The van der Waals surface area contributed by atoms with E-state index in [9.17, 15) is 0 Å². The van der Waals surface area contributed by atoms with Crippen molar-refractivity contribution in [2.45, 2.75) is 44.1 Å². The highest BCUT2D eigenvalue weighted by molar-refractivity contribution is 4.85. The molecule has 1 N–H and O–H groups in total. The van der Waals surface area contributed by atoms with Crippen molar-refractivity contribution in [2.75, 3.05) is 60.3 Å². The third kappa shape index (κ3) is 8.73. The van der Waals surface area contributed by atoms with Gasteiger partial charge in [0.1, 0.15) is 0 Å². The molecule has 0 radical (unpaired) electrons. The summed E-state index contributed by atoms with van der Waals surface area (Å²) < 4.78 is 22.0. The summed E-state index contributed by atoms with van der Waals surface area (Å²) >= 11 is 0. The van der Waals surface area contributed by atoms with Crippen LogP contribution >= 0.6 is 0 Å². The Morgan fingerprint density at radius 2 is 1.38 bits per heavy atom. The van der Waals surface area contributed by atoms with Crippen LogP contribution in [-0.2, 0) is 18.9 Å². The van der Waals surface area contributed by atoms with Gasteiger partial charge in [0.05, 0.1) is 45.2 Å². The van der Waals surface area contributed by atoms with E-state index in [1.165, 1.54) is 25.7 Å². The van der Waals surface area contributed by atoms with Crippen LogP contribution in [0.3, 0.4) is 0 Å². The van der Waals surface area contributed by atoms with E-state index in [0.717, 1.165) is 19.4 Å². The van der Waals surface area contributed by atoms with Crippen LogP contribution in [0.1, 0.15) is 38.5 Å². The summed E-state index contributed by atoms with van der Waals surface area (Å²) in [5, 5.41) is 3.29. The van der Waals surface area contributed by atoms with Gasteiger partial charge >= 0.3 is 0 Å². The van der Waals surface area contributed by atoms with Gasteiger partial charge in [0.2, 0.25) is 0 Å². The first-order chi connectivity index (χ1) is 10.3. The Labute approximate surface area is 129 Å². The molecule has 126 valence electrons. The second-order valence-electron chi connectivity index (χ2n) is 5.69. The zero-order chi connectivity index (χ0) is 15.2. The molecule has 1 saturated carbocycles. The molecule has 1 rings (SSSR count). The highest BCUT2D eigenvalue weighted by Crippen LogP contribution is 2.29. The first kappa shape index (κ1) is 18.8. The first-order valence-corrected chi connectivity index (χ1v) is 8.26. The molecule has 0 aromatic rings. The monoisotopic (exact) mass is 303 g/mol. The fourth-order valence-corrected chi connectivity index (χ4v) is 2.85. The minimum Gasteiger partial charge on any atom is -0.382 e. The molecule has 5 heteroatoms. The van der Waals surface area contributed by atoms with Crippen molar-refractivity contribution < 1.29 is 18.9 Å². The molecule has 1 aliphatic rings. The van der Waals surface area contributed by atoms with Crippen LogP contribution in [0.25, 0.3) is 0 Å². The Morgan fingerprint density at radius 1 is 0.810 bits per heavy atom. The van der Waals surface area contributed by atoms with E-state index >= 15 is 0 Å². The van der Waals surface area contributed by atoms with Crippen LogP contribution in [0.5, 0.6) is 0 Å². The minimum absolute atomic E-state index is 0.0174. The third-order valence-corrected chi connectivity index (χ3v) is 3.95. The Morgan fingerprint density at radius 3 is 1.95 bits per heavy atom. The van der Waals surface area contributed by atoms with E-state index in [1.54, 1.807) is 7.11 Å². The Hall–Kier alpha value is -0.200. The lowest BCUT2D eigenvalue weighted by Crippen LogP contribution is -2.42. The summed E-state index contributed by atoms with van der Waals surface area (Å²) in [5.74, 6) is 0. The summed E-state index contributed by atoms with van der Waals surface area (Å²) in [4.78, 5) is 0. The second-order valence-corrected chi connectivity index (χ2v) is 5.69. The van der Waals surface area contributed by atoms with E-state index in [2.05, 4.69) is 5.32 Å². The van der Waals surface area contributed by atoms with Gasteiger partial charge in [-0.1, -0.05) is 25.7 Å². The maximum Gasteiger partial charge on any atom is 0.0807 e. The summed E-state index contributed by atoms with van der Waals surface area (Å²) in [6, 6.07) is 0. The van der Waals surface area contributed by atoms with E-state index < -0.39 is 0 Å². The van der Waals surface area contributed by atoms with Gasteiger partial charge in [-0.25, -0.2) is 0 Å². The number of likely N-dealkylation sites (N-methyl/N-ethyl adjacent to an activating group) is 1. The number of rotatable bonds is 12. The van der Waals surface area contributed by atoms with Gasteiger partial charge in [-0.3, -0.25) is 0 Å². The SMILES string of the molecule is CNCC1(OCCOCCOCCOC)CCCCCC1. The second kappa shape index (κ2) is 12.4. The smallest absolute Gasteiger partial charge is 0.0807 e. The summed E-state index contributed by atoms with van der Waals surface area (Å²) in [5.41, 5.74) is 0.0174. The average molecular weight is 303 g/mol. The van der Waals surface area contributed by atoms with Gasteiger partial charge in [0.25, 0.3) is 0 Å². The van der Waals surface area contributed by atoms with Gasteiger partial charge in [-0.05, 0) is 19.9 Å². The number of hydrogen-bond acceptors (Lipinski definition) is 5. The van der Waals surface area contributed by atoms with Gasteiger partial charge < -0.3 is 24.3 Å². The molecule has 1 aliphatic carbocycles. The molecule has 0 heterocycles. The molecule has 0 saturated heterocycles. The largest absolute Gasteiger partial charge is 0.382 e. The molecule has 0 spiro atoms. The Balaban J connectivity index is 2.07. The van der Waals surface area contributed by atoms with Crippen molar-refractivity contribution in [3.63, 3.8) is 0 Å². The van der Waals surface area contributed by atoms with Crippen LogP contribution in [0.15, 0.2) is 0 Å². The molecule has 5 nitrogen and oxygen atoms in total. The lowest BCUT2D eigenvalue weighted by atomic mass is 9.94. The van der Waals surface area contributed by atoms with Crippen LogP contribution < -0.4 is 5.32 Å². The number of nitrogens with one attached hydrogen (secondary N) is 1. The zero-order valence-electron chi connectivity index (χ0n) is 13.8. The third-order valence-electron chi connectivity index (χ3n) is 3.95. The molecule has 1 fully saturated rings. The normalized spacial score (nSPS) is 18.6. The highest BCUT2D eigenvalue weighted by atomic mass is 16.6. The fourth-order valence-electron chi connectivity index (χ4n) is 2.85. The maximum atomic E-state index is 6.19. The van der Waals surface area contributed by atoms with Crippen LogP contribution in [0.4, 0.5) is 0 Å². The molecule has 0 aromatic heterocycles. The van der Waals surface area contributed by atoms with Crippen LogP contribution in [0.2, 0.25) is 0 Å². The summed E-state index contributed by atoms with van der Waals surface area (Å²) in [7, 11) is 3.68. The van der Waals surface area contributed by atoms with Crippen molar-refractivity contribution in [3.05, 3.63) is 0 Å². The van der Waals surface area contributed by atoms with Crippen molar-refractivity contribution >= 4 is 0 Å². The quantitative estimate of drug-likeness (QED) is 0.441. The van der Waals surface area contributed by atoms with E-state index in [-0.39, 0.29) is 5.60 Å². The zero-order valence-corrected chi connectivity index (χ0v) is 13.8. The van der Waals surface area contributed by atoms with Gasteiger partial charge in [0, 0.05) is 13.7 Å². The molecular weight excluding hydrogens is 270 g/mol. The van der Waals surface area contributed by atoms with Gasteiger partial charge in [-0.2, -0.15) is 0 Å². The molecule has 0 unspecified atom stereocenters. The predicted molar refractivity (Wildman–Crippen MR) is 83.8 cm³/mol. The lowest BCUT2D eigenvalue weighted by Gasteiger charge is -2.33. The Kier molecular flexibility index (Phi) is 11.1. The summed E-state index contributed by atoms with van der Waals surface area (Å²) in [6.45, 7) is 4.74. The standard InChI is InChI=1S/C16H33NO4/c1-17-15-16(7-5-3-4-6-8-16)21-14-13-20-12-11-19-10-9-18-2/h17H,3-15H2,1-2H3. The first-order valence-electron chi connectivity index (χ1n) is 8.26. The molecular formula is C16H33NO4. The number of methoxy groups -OCH3 is 1. The van der Waals surface area contributed by atoms with Crippen molar-refractivity contribution in [2.24, 2.45) is 0 Å². The molecule has 0 atom stereocenters. The molecule has 21 heavy (non-hydrogen) atoms. The Bertz CT molecular complexity index is 230. The lowest BCUT2D eigenvalue weighted by molar-refractivity contribution is -0.0784. The van der Waals surface area contributed by atoms with Gasteiger partial charge in [-0.15, -0.1) is 0 Å². The maximum absolute atomic E-state index is 6.19.